The number of nitrogens with zero attached hydrogens (tertiary/aromatic N) is 1. The lowest BCUT2D eigenvalue weighted by Crippen LogP contribution is -2.14. The van der Waals surface area contributed by atoms with Crippen LogP contribution < -0.4 is 5.73 Å². The van der Waals surface area contributed by atoms with Gasteiger partial charge in [0.15, 0.2) is 0 Å². The molecule has 0 amide bonds. The molecule has 0 saturated heterocycles. The molecule has 0 aliphatic rings. The smallest absolute Gasteiger partial charge is 0.102 e. The minimum Gasteiger partial charge on any atom is -0.411 e. The van der Waals surface area contributed by atoms with Crippen LogP contribution >= 0.6 is 0 Å². The van der Waals surface area contributed by atoms with Crippen LogP contribution in [0.3, 0.4) is 0 Å². The van der Waals surface area contributed by atoms with Crippen LogP contribution in [0.1, 0.15) is 5.56 Å². The summed E-state index contributed by atoms with van der Waals surface area (Å²) < 4.78 is 0. The molecule has 1 aromatic carbocycles. The van der Waals surface area contributed by atoms with E-state index in [1.807, 2.05) is 24.3 Å². The Morgan fingerprint density at radius 2 is 2.21 bits per heavy atom. The number of oxime groups is 1. The van der Waals surface area contributed by atoms with E-state index in [1.54, 1.807) is 6.20 Å². The Kier molecular flexibility index (Phi) is 2.20. The molecule has 1 aromatic heterocycles. The van der Waals surface area contributed by atoms with Gasteiger partial charge in [0.05, 0.1) is 0 Å². The highest BCUT2D eigenvalue weighted by Gasteiger charge is 2.08. The van der Waals surface area contributed by atoms with Gasteiger partial charge >= 0.3 is 0 Å². The van der Waals surface area contributed by atoms with Crippen molar-refractivity contribution in [1.29, 1.82) is 0 Å². The third-order valence-corrected chi connectivity index (χ3v) is 2.21. The third kappa shape index (κ3) is 1.25. The first-order valence-corrected chi connectivity index (χ1v) is 4.34. The number of hydrogen-bond donors (Lipinski definition) is 3. The van der Waals surface area contributed by atoms with Crippen molar-refractivity contribution in [2.45, 2.75) is 0 Å². The SMILES string of the molecule is NCC(=NO)c1c[nH]c2ccccc12. The Morgan fingerprint density at radius 3 is 2.93 bits per heavy atom. The number of aromatic nitrogens is 1. The molecule has 2 aromatic rings. The monoisotopic (exact) mass is 189 g/mol. The minimum atomic E-state index is 0.221. The maximum atomic E-state index is 8.75. The summed E-state index contributed by atoms with van der Waals surface area (Å²) >= 11 is 0. The Bertz CT molecular complexity index is 473. The third-order valence-electron chi connectivity index (χ3n) is 2.21. The van der Waals surface area contributed by atoms with Gasteiger partial charge in [-0.1, -0.05) is 23.4 Å². The van der Waals surface area contributed by atoms with Gasteiger partial charge < -0.3 is 15.9 Å². The van der Waals surface area contributed by atoms with Crippen LogP contribution in [-0.4, -0.2) is 22.4 Å². The van der Waals surface area contributed by atoms with Gasteiger partial charge in [-0.05, 0) is 6.07 Å². The molecule has 0 saturated carbocycles. The molecular formula is C10H11N3O. The molecular weight excluding hydrogens is 178 g/mol. The number of para-hydroxylation sites is 1. The van der Waals surface area contributed by atoms with E-state index in [-0.39, 0.29) is 6.54 Å². The summed E-state index contributed by atoms with van der Waals surface area (Å²) in [6.45, 7) is 0.221. The van der Waals surface area contributed by atoms with Gasteiger partial charge in [-0.2, -0.15) is 0 Å². The molecule has 4 nitrogen and oxygen atoms in total. The van der Waals surface area contributed by atoms with Crippen molar-refractivity contribution in [2.75, 3.05) is 6.54 Å². The van der Waals surface area contributed by atoms with Crippen LogP contribution in [0.2, 0.25) is 0 Å². The van der Waals surface area contributed by atoms with Gasteiger partial charge in [0.2, 0.25) is 0 Å². The van der Waals surface area contributed by atoms with Crippen LogP contribution in [0.4, 0.5) is 0 Å². The van der Waals surface area contributed by atoms with Gasteiger partial charge in [0.1, 0.15) is 5.71 Å². The summed E-state index contributed by atoms with van der Waals surface area (Å²) in [6, 6.07) is 7.80. The van der Waals surface area contributed by atoms with E-state index in [1.165, 1.54) is 0 Å². The van der Waals surface area contributed by atoms with Gasteiger partial charge in [0.25, 0.3) is 0 Å². The highest BCUT2D eigenvalue weighted by molar-refractivity contribution is 6.11. The van der Waals surface area contributed by atoms with Gasteiger partial charge in [-0.15, -0.1) is 0 Å². The van der Waals surface area contributed by atoms with E-state index in [4.69, 9.17) is 10.9 Å². The number of aromatic amines is 1. The van der Waals surface area contributed by atoms with Crippen molar-refractivity contribution in [3.63, 3.8) is 0 Å². The van der Waals surface area contributed by atoms with E-state index in [0.29, 0.717) is 5.71 Å². The maximum Gasteiger partial charge on any atom is 0.102 e. The average Bonchev–Trinajstić information content (AvgIpc) is 2.65. The van der Waals surface area contributed by atoms with E-state index in [2.05, 4.69) is 10.1 Å². The molecule has 0 aliphatic heterocycles. The van der Waals surface area contributed by atoms with Gasteiger partial charge in [0, 0.05) is 29.2 Å². The van der Waals surface area contributed by atoms with Crippen molar-refractivity contribution in [3.05, 3.63) is 36.0 Å². The number of nitrogens with two attached hydrogens (primary N) is 1. The fourth-order valence-electron chi connectivity index (χ4n) is 1.51. The van der Waals surface area contributed by atoms with Crippen LogP contribution in [0.25, 0.3) is 10.9 Å². The van der Waals surface area contributed by atoms with Crippen molar-refractivity contribution >= 4 is 16.6 Å². The lowest BCUT2D eigenvalue weighted by atomic mass is 10.1. The average molecular weight is 189 g/mol. The van der Waals surface area contributed by atoms with Gasteiger partial charge in [-0.25, -0.2) is 0 Å². The summed E-state index contributed by atoms with van der Waals surface area (Å²) in [5.74, 6) is 0. The summed E-state index contributed by atoms with van der Waals surface area (Å²) in [7, 11) is 0. The molecule has 4 N–H and O–H groups in total. The Hall–Kier alpha value is -1.81. The number of rotatable bonds is 2. The minimum absolute atomic E-state index is 0.221. The number of nitrogens with one attached hydrogen (secondary N) is 1. The fraction of sp³-hybridized carbons (Fsp3) is 0.100. The molecule has 0 radical (unpaired) electrons. The predicted octanol–water partition coefficient (Wildman–Crippen LogP) is 1.30. The standard InChI is InChI=1S/C10H11N3O/c11-5-10(13-14)8-6-12-9-4-2-1-3-7(8)9/h1-4,6,12,14H,5,11H2. The van der Waals surface area contributed by atoms with Crippen LogP contribution in [-0.2, 0) is 0 Å². The zero-order chi connectivity index (χ0) is 9.97. The van der Waals surface area contributed by atoms with E-state index in [0.717, 1.165) is 16.5 Å². The largest absolute Gasteiger partial charge is 0.411 e. The summed E-state index contributed by atoms with van der Waals surface area (Å²) in [4.78, 5) is 3.09. The molecule has 72 valence electrons. The lowest BCUT2D eigenvalue weighted by molar-refractivity contribution is 0.318. The van der Waals surface area contributed by atoms with Crippen LogP contribution in [0, 0.1) is 0 Å². The second-order valence-corrected chi connectivity index (χ2v) is 3.00. The maximum absolute atomic E-state index is 8.75. The van der Waals surface area contributed by atoms with Gasteiger partial charge in [-0.3, -0.25) is 0 Å². The summed E-state index contributed by atoms with van der Waals surface area (Å²) in [6.07, 6.45) is 1.80. The molecule has 0 bridgehead atoms. The normalized spacial score (nSPS) is 12.2. The zero-order valence-electron chi connectivity index (χ0n) is 7.57. The topological polar surface area (TPSA) is 74.4 Å². The molecule has 0 aliphatic carbocycles. The molecule has 1 heterocycles. The first-order valence-electron chi connectivity index (χ1n) is 4.34. The first-order chi connectivity index (χ1) is 6.86. The number of fused-ring (bicyclic) bond motifs is 1. The molecule has 4 heteroatoms. The number of H-pyrrole nitrogens is 1. The van der Waals surface area contributed by atoms with E-state index in [9.17, 15) is 0 Å². The first kappa shape index (κ1) is 8.77. The molecule has 0 spiro atoms. The van der Waals surface area contributed by atoms with Crippen molar-refractivity contribution in [3.8, 4) is 0 Å². The number of benzene rings is 1. The van der Waals surface area contributed by atoms with Crippen molar-refractivity contribution < 1.29 is 5.21 Å². The van der Waals surface area contributed by atoms with E-state index >= 15 is 0 Å². The lowest BCUT2D eigenvalue weighted by Gasteiger charge is -1.98. The number of hydrogen-bond acceptors (Lipinski definition) is 3. The molecule has 0 atom stereocenters. The van der Waals surface area contributed by atoms with Crippen LogP contribution in [0.15, 0.2) is 35.6 Å². The highest BCUT2D eigenvalue weighted by Crippen LogP contribution is 2.17. The molecule has 14 heavy (non-hydrogen) atoms. The summed E-state index contributed by atoms with van der Waals surface area (Å²) in [5, 5.41) is 12.9. The Labute approximate surface area is 81.0 Å². The molecule has 2 rings (SSSR count). The van der Waals surface area contributed by atoms with E-state index < -0.39 is 0 Å². The molecule has 0 fully saturated rings. The zero-order valence-corrected chi connectivity index (χ0v) is 7.57. The van der Waals surface area contributed by atoms with Crippen LogP contribution in [0.5, 0.6) is 0 Å². The second kappa shape index (κ2) is 3.51. The quantitative estimate of drug-likeness (QED) is 0.378. The van der Waals surface area contributed by atoms with Crippen molar-refractivity contribution in [2.24, 2.45) is 10.9 Å². The Morgan fingerprint density at radius 1 is 1.43 bits per heavy atom. The predicted molar refractivity (Wildman–Crippen MR) is 55.7 cm³/mol. The highest BCUT2D eigenvalue weighted by atomic mass is 16.4. The molecule has 0 unspecified atom stereocenters. The summed E-state index contributed by atoms with van der Waals surface area (Å²) in [5.41, 5.74) is 7.81. The fourth-order valence-corrected chi connectivity index (χ4v) is 1.51. The Balaban J connectivity index is 2.63. The van der Waals surface area contributed by atoms with Crippen molar-refractivity contribution in [1.82, 2.24) is 4.98 Å². The second-order valence-electron chi connectivity index (χ2n) is 3.00.